The number of methoxy groups -OCH3 is 1. The Morgan fingerprint density at radius 1 is 1.26 bits per heavy atom. The van der Waals surface area contributed by atoms with E-state index in [1.807, 2.05) is 0 Å². The third-order valence-corrected chi connectivity index (χ3v) is 4.29. The first kappa shape index (κ1) is 23.5. The third kappa shape index (κ3) is 6.08. The molecule has 0 fully saturated rings. The minimum atomic E-state index is -1.17. The van der Waals surface area contributed by atoms with Gasteiger partial charge in [0.1, 0.15) is 11.6 Å². The maximum absolute atomic E-state index is 12.5. The Kier molecular flexibility index (Phi) is 7.79. The van der Waals surface area contributed by atoms with Crippen molar-refractivity contribution < 1.29 is 29.1 Å². The molecular formula is C19H13Cl2N3O7. The number of aliphatic carboxylic acids is 1. The maximum Gasteiger partial charge on any atom is 0.341 e. The van der Waals surface area contributed by atoms with Crippen molar-refractivity contribution in [3.8, 4) is 17.6 Å². The molecule has 0 heterocycles. The number of carbonyl (C=O) groups is 2. The summed E-state index contributed by atoms with van der Waals surface area (Å²) in [6, 6.07) is 8.10. The molecule has 31 heavy (non-hydrogen) atoms. The summed E-state index contributed by atoms with van der Waals surface area (Å²) < 4.78 is 10.2. The fraction of sp³-hybridized carbons (Fsp3) is 0.105. The Morgan fingerprint density at radius 2 is 1.90 bits per heavy atom. The van der Waals surface area contributed by atoms with E-state index in [1.54, 1.807) is 6.07 Å². The number of hydrogen-bond acceptors (Lipinski definition) is 7. The highest BCUT2D eigenvalue weighted by Gasteiger charge is 2.18. The molecular weight excluding hydrogens is 453 g/mol. The molecule has 1 amide bonds. The molecule has 0 aliphatic carbocycles. The smallest absolute Gasteiger partial charge is 0.341 e. The van der Waals surface area contributed by atoms with Crippen LogP contribution in [0.5, 0.6) is 11.5 Å². The first-order chi connectivity index (χ1) is 14.7. The number of ether oxygens (including phenoxy) is 2. The standard InChI is InChI=1S/C19H13Cl2N3O7/c1-30-16-5-10(2-3-15(16)31-9-17(25)26)4-11(8-22)19(27)23-18-13(20)6-12(24(28)29)7-14(18)21/h2-7H,9H2,1H3,(H,23,27)(H,25,26)/b11-4+. The highest BCUT2D eigenvalue weighted by atomic mass is 35.5. The molecule has 2 aromatic rings. The molecule has 12 heteroatoms. The number of nitro benzene ring substituents is 1. The fourth-order valence-electron chi connectivity index (χ4n) is 2.31. The van der Waals surface area contributed by atoms with Crippen LogP contribution >= 0.6 is 23.2 Å². The first-order valence-electron chi connectivity index (χ1n) is 8.25. The lowest BCUT2D eigenvalue weighted by Gasteiger charge is -2.10. The molecule has 2 N–H and O–H groups in total. The van der Waals surface area contributed by atoms with Gasteiger partial charge in [-0.15, -0.1) is 0 Å². The van der Waals surface area contributed by atoms with E-state index in [0.717, 1.165) is 12.1 Å². The molecule has 0 aromatic heterocycles. The summed E-state index contributed by atoms with van der Waals surface area (Å²) >= 11 is 11.9. The third-order valence-electron chi connectivity index (χ3n) is 3.69. The zero-order chi connectivity index (χ0) is 23.1. The largest absolute Gasteiger partial charge is 0.493 e. The van der Waals surface area contributed by atoms with Crippen molar-refractivity contribution in [2.24, 2.45) is 0 Å². The highest BCUT2D eigenvalue weighted by molar-refractivity contribution is 6.40. The van der Waals surface area contributed by atoms with Gasteiger partial charge >= 0.3 is 5.97 Å². The Labute approximate surface area is 185 Å². The molecule has 160 valence electrons. The van der Waals surface area contributed by atoms with E-state index in [2.05, 4.69) is 5.32 Å². The zero-order valence-corrected chi connectivity index (χ0v) is 17.2. The Hall–Kier alpha value is -3.81. The van der Waals surface area contributed by atoms with Crippen LogP contribution in [0.15, 0.2) is 35.9 Å². The lowest BCUT2D eigenvalue weighted by Crippen LogP contribution is -2.14. The molecule has 0 radical (unpaired) electrons. The number of benzene rings is 2. The van der Waals surface area contributed by atoms with Crippen molar-refractivity contribution in [3.05, 3.63) is 61.6 Å². The van der Waals surface area contributed by atoms with Gasteiger partial charge in [0.25, 0.3) is 11.6 Å². The Bertz CT molecular complexity index is 1100. The van der Waals surface area contributed by atoms with Crippen molar-refractivity contribution in [1.29, 1.82) is 5.26 Å². The molecule has 0 spiro atoms. The van der Waals surface area contributed by atoms with Gasteiger partial charge in [-0.05, 0) is 23.8 Å². The van der Waals surface area contributed by atoms with Crippen LogP contribution < -0.4 is 14.8 Å². The number of carboxylic acid groups (broad SMARTS) is 1. The fourth-order valence-corrected chi connectivity index (χ4v) is 2.88. The molecule has 0 aliphatic rings. The van der Waals surface area contributed by atoms with Crippen molar-refractivity contribution in [1.82, 2.24) is 0 Å². The second kappa shape index (κ2) is 10.3. The number of nitrogens with zero attached hydrogens (tertiary/aromatic N) is 2. The first-order valence-corrected chi connectivity index (χ1v) is 9.01. The van der Waals surface area contributed by atoms with Gasteiger partial charge in [-0.2, -0.15) is 5.26 Å². The normalized spacial score (nSPS) is 10.7. The number of hydrogen-bond donors (Lipinski definition) is 2. The predicted molar refractivity (Wildman–Crippen MR) is 111 cm³/mol. The zero-order valence-electron chi connectivity index (χ0n) is 15.7. The van der Waals surface area contributed by atoms with Crippen molar-refractivity contribution >= 4 is 52.5 Å². The highest BCUT2D eigenvalue weighted by Crippen LogP contribution is 2.35. The topological polar surface area (TPSA) is 152 Å². The maximum atomic E-state index is 12.5. The van der Waals surface area contributed by atoms with Gasteiger partial charge in [0.2, 0.25) is 0 Å². The van der Waals surface area contributed by atoms with E-state index >= 15 is 0 Å². The number of carboxylic acids is 1. The molecule has 0 saturated carbocycles. The van der Waals surface area contributed by atoms with E-state index in [4.69, 9.17) is 37.8 Å². The average molecular weight is 466 g/mol. The molecule has 0 atom stereocenters. The molecule has 0 bridgehead atoms. The number of non-ortho nitro benzene ring substituents is 1. The molecule has 0 saturated heterocycles. The van der Waals surface area contributed by atoms with Crippen molar-refractivity contribution in [2.75, 3.05) is 19.0 Å². The van der Waals surface area contributed by atoms with Gasteiger partial charge in [-0.3, -0.25) is 14.9 Å². The quantitative estimate of drug-likeness (QED) is 0.257. The summed E-state index contributed by atoms with van der Waals surface area (Å²) in [7, 11) is 1.34. The molecule has 0 aliphatic heterocycles. The average Bonchev–Trinajstić information content (AvgIpc) is 2.72. The van der Waals surface area contributed by atoms with Crippen LogP contribution in [0, 0.1) is 21.4 Å². The lowest BCUT2D eigenvalue weighted by molar-refractivity contribution is -0.384. The molecule has 2 aromatic carbocycles. The summed E-state index contributed by atoms with van der Waals surface area (Å²) in [6.07, 6.45) is 1.24. The van der Waals surface area contributed by atoms with Gasteiger partial charge in [0.15, 0.2) is 18.1 Å². The van der Waals surface area contributed by atoms with Crippen LogP contribution in [0.2, 0.25) is 10.0 Å². The minimum Gasteiger partial charge on any atom is -0.493 e. The number of anilines is 1. The van der Waals surface area contributed by atoms with Gasteiger partial charge in [0.05, 0.1) is 27.8 Å². The summed E-state index contributed by atoms with van der Waals surface area (Å²) in [5.41, 5.74) is -0.393. The van der Waals surface area contributed by atoms with Gasteiger partial charge in [0, 0.05) is 12.1 Å². The Morgan fingerprint density at radius 3 is 2.42 bits per heavy atom. The van der Waals surface area contributed by atoms with Crippen LogP contribution in [0.25, 0.3) is 6.08 Å². The number of nitriles is 1. The SMILES string of the molecule is COc1cc(/C=C(\C#N)C(=O)Nc2c(Cl)cc([N+](=O)[O-])cc2Cl)ccc1OCC(=O)O. The van der Waals surface area contributed by atoms with Gasteiger partial charge in [-0.25, -0.2) is 4.79 Å². The van der Waals surface area contributed by atoms with Gasteiger partial charge < -0.3 is 19.9 Å². The van der Waals surface area contributed by atoms with E-state index in [9.17, 15) is 25.0 Å². The number of halogens is 2. The summed E-state index contributed by atoms with van der Waals surface area (Å²) in [5.74, 6) is -1.67. The van der Waals surface area contributed by atoms with Crippen LogP contribution in [0.3, 0.4) is 0 Å². The number of nitrogens with one attached hydrogen (secondary N) is 1. The van der Waals surface area contributed by atoms with E-state index in [-0.39, 0.29) is 38.5 Å². The van der Waals surface area contributed by atoms with E-state index < -0.39 is 23.4 Å². The summed E-state index contributed by atoms with van der Waals surface area (Å²) in [4.78, 5) is 33.3. The van der Waals surface area contributed by atoms with Crippen LogP contribution in [-0.2, 0) is 9.59 Å². The predicted octanol–water partition coefficient (Wildman–Crippen LogP) is 3.92. The van der Waals surface area contributed by atoms with Crippen LogP contribution in [0.1, 0.15) is 5.56 Å². The lowest BCUT2D eigenvalue weighted by atomic mass is 10.1. The minimum absolute atomic E-state index is 0.0879. The van der Waals surface area contributed by atoms with Crippen LogP contribution in [0.4, 0.5) is 11.4 Å². The number of rotatable bonds is 8. The van der Waals surface area contributed by atoms with E-state index in [1.165, 1.54) is 31.4 Å². The summed E-state index contributed by atoms with van der Waals surface area (Å²) in [5, 5.41) is 30.9. The second-order valence-corrected chi connectivity index (χ2v) is 6.57. The molecule has 10 nitrogen and oxygen atoms in total. The Balaban J connectivity index is 2.30. The second-order valence-electron chi connectivity index (χ2n) is 5.76. The van der Waals surface area contributed by atoms with Crippen molar-refractivity contribution in [3.63, 3.8) is 0 Å². The van der Waals surface area contributed by atoms with Crippen LogP contribution in [-0.4, -0.2) is 35.6 Å². The number of carbonyl (C=O) groups excluding carboxylic acids is 1. The molecule has 0 unspecified atom stereocenters. The number of nitro groups is 1. The van der Waals surface area contributed by atoms with Gasteiger partial charge in [-0.1, -0.05) is 29.3 Å². The summed E-state index contributed by atoms with van der Waals surface area (Å²) in [6.45, 7) is -0.575. The number of amides is 1. The van der Waals surface area contributed by atoms with Crippen molar-refractivity contribution in [2.45, 2.75) is 0 Å². The monoisotopic (exact) mass is 465 g/mol. The van der Waals surface area contributed by atoms with E-state index in [0.29, 0.717) is 5.56 Å². The molecule has 2 rings (SSSR count).